The van der Waals surface area contributed by atoms with Crippen LogP contribution in [0.3, 0.4) is 0 Å². The Hall–Kier alpha value is -1.72. The Morgan fingerprint density at radius 1 is 1.35 bits per heavy atom. The van der Waals surface area contributed by atoms with Crippen LogP contribution in [0, 0.1) is 0 Å². The highest BCUT2D eigenvalue weighted by molar-refractivity contribution is 5.69. The zero-order valence-electron chi connectivity index (χ0n) is 13.3. The van der Waals surface area contributed by atoms with E-state index in [1.807, 2.05) is 41.5 Å². The molecule has 6 nitrogen and oxygen atoms in total. The van der Waals surface area contributed by atoms with E-state index in [1.165, 1.54) is 0 Å². The Labute approximate surface area is 120 Å². The second kappa shape index (κ2) is 6.15. The van der Waals surface area contributed by atoms with E-state index in [2.05, 4.69) is 15.5 Å². The maximum Gasteiger partial charge on any atom is 0.410 e. The standard InChI is InChI=1S/C14H26N4O2/c1-13(2,3)18(12(19)20-14(4,5)6)8-7-15-11-9-16-17-10-11/h9-10,15H,7-8H2,1-6H3,(H,16,17). The summed E-state index contributed by atoms with van der Waals surface area (Å²) in [6.07, 6.45) is 3.18. The molecule has 0 saturated carbocycles. The fourth-order valence-corrected chi connectivity index (χ4v) is 1.68. The monoisotopic (exact) mass is 282 g/mol. The number of ether oxygens (including phenoxy) is 1. The van der Waals surface area contributed by atoms with Crippen LogP contribution in [0.5, 0.6) is 0 Å². The van der Waals surface area contributed by atoms with Gasteiger partial charge in [0.05, 0.1) is 11.9 Å². The van der Waals surface area contributed by atoms with Gasteiger partial charge >= 0.3 is 6.09 Å². The van der Waals surface area contributed by atoms with Crippen molar-refractivity contribution in [3.05, 3.63) is 12.4 Å². The average Bonchev–Trinajstić information content (AvgIpc) is 2.72. The van der Waals surface area contributed by atoms with Crippen molar-refractivity contribution in [3.8, 4) is 0 Å². The predicted molar refractivity (Wildman–Crippen MR) is 79.8 cm³/mol. The molecule has 0 aliphatic rings. The molecular formula is C14H26N4O2. The van der Waals surface area contributed by atoms with Crippen molar-refractivity contribution in [3.63, 3.8) is 0 Å². The normalized spacial score (nSPS) is 12.1. The van der Waals surface area contributed by atoms with Gasteiger partial charge in [0.1, 0.15) is 5.60 Å². The lowest BCUT2D eigenvalue weighted by molar-refractivity contribution is 0.00749. The maximum atomic E-state index is 12.3. The number of aromatic nitrogens is 2. The summed E-state index contributed by atoms with van der Waals surface area (Å²) >= 11 is 0. The molecule has 0 aromatic carbocycles. The molecule has 0 radical (unpaired) electrons. The molecule has 0 saturated heterocycles. The Kier molecular flexibility index (Phi) is 5.03. The second-order valence-corrected chi connectivity index (χ2v) is 6.72. The Morgan fingerprint density at radius 2 is 2.00 bits per heavy atom. The van der Waals surface area contributed by atoms with Crippen molar-refractivity contribution >= 4 is 11.8 Å². The van der Waals surface area contributed by atoms with Crippen LogP contribution in [-0.2, 0) is 4.74 Å². The molecule has 0 spiro atoms. The van der Waals surface area contributed by atoms with Gasteiger partial charge in [-0.3, -0.25) is 5.10 Å². The largest absolute Gasteiger partial charge is 0.444 e. The fourth-order valence-electron chi connectivity index (χ4n) is 1.68. The molecule has 1 aromatic rings. The molecule has 114 valence electrons. The molecule has 0 atom stereocenters. The first-order chi connectivity index (χ1) is 9.09. The van der Waals surface area contributed by atoms with E-state index in [1.54, 1.807) is 17.3 Å². The first-order valence-electron chi connectivity index (χ1n) is 6.83. The summed E-state index contributed by atoms with van der Waals surface area (Å²) in [6, 6.07) is 0. The highest BCUT2D eigenvalue weighted by Crippen LogP contribution is 2.18. The molecular weight excluding hydrogens is 256 g/mol. The lowest BCUT2D eigenvalue weighted by Crippen LogP contribution is -2.49. The summed E-state index contributed by atoms with van der Waals surface area (Å²) < 4.78 is 5.45. The molecule has 1 heterocycles. The van der Waals surface area contributed by atoms with Gasteiger partial charge in [0.15, 0.2) is 0 Å². The lowest BCUT2D eigenvalue weighted by Gasteiger charge is -2.36. The topological polar surface area (TPSA) is 70.2 Å². The van der Waals surface area contributed by atoms with E-state index >= 15 is 0 Å². The first-order valence-corrected chi connectivity index (χ1v) is 6.83. The zero-order valence-corrected chi connectivity index (χ0v) is 13.3. The van der Waals surface area contributed by atoms with Gasteiger partial charge in [-0.1, -0.05) is 0 Å². The first kappa shape index (κ1) is 16.3. The number of hydrogen-bond acceptors (Lipinski definition) is 4. The Balaban J connectivity index is 2.58. The third-order valence-electron chi connectivity index (χ3n) is 2.59. The molecule has 0 bridgehead atoms. The van der Waals surface area contributed by atoms with Crippen molar-refractivity contribution in [2.45, 2.75) is 52.7 Å². The predicted octanol–water partition coefficient (Wildman–Crippen LogP) is 2.86. The van der Waals surface area contributed by atoms with Crippen LogP contribution in [0.4, 0.5) is 10.5 Å². The minimum absolute atomic E-state index is 0.291. The number of rotatable bonds is 4. The summed E-state index contributed by atoms with van der Waals surface area (Å²) in [4.78, 5) is 14.0. The summed E-state index contributed by atoms with van der Waals surface area (Å²) in [5, 5.41) is 9.80. The van der Waals surface area contributed by atoms with Crippen molar-refractivity contribution in [1.82, 2.24) is 15.1 Å². The molecule has 1 rings (SSSR count). The Morgan fingerprint density at radius 3 is 2.45 bits per heavy atom. The van der Waals surface area contributed by atoms with Gasteiger partial charge in [-0.15, -0.1) is 0 Å². The second-order valence-electron chi connectivity index (χ2n) is 6.72. The van der Waals surface area contributed by atoms with Crippen LogP contribution in [0.25, 0.3) is 0 Å². The number of aromatic amines is 1. The third-order valence-corrected chi connectivity index (χ3v) is 2.59. The van der Waals surface area contributed by atoms with Crippen molar-refractivity contribution in [2.75, 3.05) is 18.4 Å². The summed E-state index contributed by atoms with van der Waals surface area (Å²) in [7, 11) is 0. The minimum atomic E-state index is -0.488. The smallest absolute Gasteiger partial charge is 0.410 e. The van der Waals surface area contributed by atoms with E-state index < -0.39 is 5.60 Å². The summed E-state index contributed by atoms with van der Waals surface area (Å²) in [5.41, 5.74) is 0.127. The minimum Gasteiger partial charge on any atom is -0.444 e. The maximum absolute atomic E-state index is 12.3. The number of H-pyrrole nitrogens is 1. The van der Waals surface area contributed by atoms with E-state index in [0.29, 0.717) is 13.1 Å². The van der Waals surface area contributed by atoms with Crippen molar-refractivity contribution in [2.24, 2.45) is 0 Å². The van der Waals surface area contributed by atoms with Crippen LogP contribution in [0.15, 0.2) is 12.4 Å². The molecule has 0 aliphatic carbocycles. The van der Waals surface area contributed by atoms with Gasteiger partial charge in [-0.2, -0.15) is 5.10 Å². The van der Waals surface area contributed by atoms with Crippen LogP contribution in [-0.4, -0.2) is 45.4 Å². The van der Waals surface area contributed by atoms with Gasteiger partial charge in [-0.05, 0) is 41.5 Å². The quantitative estimate of drug-likeness (QED) is 0.891. The van der Waals surface area contributed by atoms with Crippen LogP contribution < -0.4 is 5.32 Å². The molecule has 20 heavy (non-hydrogen) atoms. The average molecular weight is 282 g/mol. The van der Waals surface area contributed by atoms with Gasteiger partial charge < -0.3 is 15.0 Å². The number of carbonyl (C=O) groups excluding carboxylic acids is 1. The highest BCUT2D eigenvalue weighted by Gasteiger charge is 2.30. The Bertz CT molecular complexity index is 415. The molecule has 1 aromatic heterocycles. The summed E-state index contributed by atoms with van der Waals surface area (Å²) in [6.45, 7) is 12.8. The molecule has 0 unspecified atom stereocenters. The zero-order chi connectivity index (χ0) is 15.4. The van der Waals surface area contributed by atoms with Gasteiger partial charge in [0, 0.05) is 24.8 Å². The van der Waals surface area contributed by atoms with Crippen molar-refractivity contribution < 1.29 is 9.53 Å². The van der Waals surface area contributed by atoms with Crippen LogP contribution in [0.1, 0.15) is 41.5 Å². The van der Waals surface area contributed by atoms with Crippen molar-refractivity contribution in [1.29, 1.82) is 0 Å². The van der Waals surface area contributed by atoms with E-state index in [9.17, 15) is 4.79 Å². The van der Waals surface area contributed by atoms with E-state index in [-0.39, 0.29) is 11.6 Å². The number of carbonyl (C=O) groups is 1. The van der Waals surface area contributed by atoms with Crippen LogP contribution >= 0.6 is 0 Å². The molecule has 0 fully saturated rings. The lowest BCUT2D eigenvalue weighted by atomic mass is 10.1. The third kappa shape index (κ3) is 5.50. The van der Waals surface area contributed by atoms with E-state index in [4.69, 9.17) is 4.74 Å². The number of amides is 1. The molecule has 2 N–H and O–H groups in total. The van der Waals surface area contributed by atoms with Gasteiger partial charge in [0.2, 0.25) is 0 Å². The fraction of sp³-hybridized carbons (Fsp3) is 0.714. The molecule has 6 heteroatoms. The van der Waals surface area contributed by atoms with Gasteiger partial charge in [0.25, 0.3) is 0 Å². The number of anilines is 1. The number of nitrogens with one attached hydrogen (secondary N) is 2. The molecule has 1 amide bonds. The number of hydrogen-bond donors (Lipinski definition) is 2. The van der Waals surface area contributed by atoms with E-state index in [0.717, 1.165) is 5.69 Å². The number of nitrogens with zero attached hydrogens (tertiary/aromatic N) is 2. The summed E-state index contributed by atoms with van der Waals surface area (Å²) in [5.74, 6) is 0. The molecule has 0 aliphatic heterocycles. The van der Waals surface area contributed by atoms with Crippen LogP contribution in [0.2, 0.25) is 0 Å². The van der Waals surface area contributed by atoms with Gasteiger partial charge in [-0.25, -0.2) is 4.79 Å². The SMILES string of the molecule is CC(C)(C)OC(=O)N(CCNc1cn[nH]c1)C(C)(C)C. The highest BCUT2D eigenvalue weighted by atomic mass is 16.6.